The van der Waals surface area contributed by atoms with E-state index in [2.05, 4.69) is 20.6 Å². The van der Waals surface area contributed by atoms with Gasteiger partial charge in [-0.05, 0) is 31.5 Å². The van der Waals surface area contributed by atoms with Crippen LogP contribution in [0, 0.1) is 11.3 Å². The van der Waals surface area contributed by atoms with Crippen molar-refractivity contribution in [3.63, 3.8) is 0 Å². The van der Waals surface area contributed by atoms with Crippen molar-refractivity contribution in [2.45, 2.75) is 26.8 Å². The van der Waals surface area contributed by atoms with Crippen LogP contribution in [-0.2, 0) is 29.0 Å². The van der Waals surface area contributed by atoms with E-state index in [4.69, 9.17) is 0 Å². The number of likely N-dealkylation sites (N-methyl/N-ethyl adjacent to an activating group) is 1. The van der Waals surface area contributed by atoms with Crippen molar-refractivity contribution in [1.29, 1.82) is 5.26 Å². The molecule has 0 atom stereocenters. The van der Waals surface area contributed by atoms with Crippen LogP contribution in [0.25, 0.3) is 0 Å². The summed E-state index contributed by atoms with van der Waals surface area (Å²) < 4.78 is 10.6. The highest BCUT2D eigenvalue weighted by Crippen LogP contribution is 2.29. The molecule has 0 saturated carbocycles. The van der Waals surface area contributed by atoms with E-state index >= 15 is 0 Å². The Morgan fingerprint density at radius 1 is 1.29 bits per heavy atom. The molecule has 38 heavy (non-hydrogen) atoms. The van der Waals surface area contributed by atoms with Gasteiger partial charge >= 0.3 is 6.03 Å². The van der Waals surface area contributed by atoms with Crippen LogP contribution >= 0.6 is 0 Å². The molecule has 2 aliphatic heterocycles. The number of carbonyl (C=O) groups excluding carboxylic acids is 3. The first-order valence-corrected chi connectivity index (χ1v) is 12.5. The van der Waals surface area contributed by atoms with Crippen LogP contribution in [0.2, 0.25) is 0 Å². The van der Waals surface area contributed by atoms with Gasteiger partial charge in [-0.25, -0.2) is 19.0 Å². The summed E-state index contributed by atoms with van der Waals surface area (Å²) in [5.74, 6) is 0.611. The summed E-state index contributed by atoms with van der Waals surface area (Å²) in [6.45, 7) is 2.59. The molecular formula is C25H30N8O4S. The van der Waals surface area contributed by atoms with E-state index in [-0.39, 0.29) is 37.0 Å². The first-order valence-electron chi connectivity index (χ1n) is 11.7. The highest BCUT2D eigenvalue weighted by atomic mass is 32.1. The van der Waals surface area contributed by atoms with Gasteiger partial charge in [-0.3, -0.25) is 24.7 Å². The fraction of sp³-hybridized carbons (Fsp3) is 0.400. The monoisotopic (exact) mass is 538 g/mol. The molecule has 2 aromatic rings. The van der Waals surface area contributed by atoms with Crippen LogP contribution < -0.4 is 15.5 Å². The van der Waals surface area contributed by atoms with Gasteiger partial charge in [0.2, 0.25) is 5.91 Å². The summed E-state index contributed by atoms with van der Waals surface area (Å²) in [6.07, 6.45) is 3.37. The van der Waals surface area contributed by atoms with Gasteiger partial charge in [-0.2, -0.15) is 5.26 Å². The lowest BCUT2D eigenvalue weighted by Gasteiger charge is -2.33. The number of pyridine rings is 2. The second kappa shape index (κ2) is 12.9. The Morgan fingerprint density at radius 3 is 2.82 bits per heavy atom. The number of nitriles is 1. The van der Waals surface area contributed by atoms with Crippen molar-refractivity contribution >= 4 is 52.2 Å². The quantitative estimate of drug-likeness (QED) is 0.394. The maximum atomic E-state index is 13.2. The Morgan fingerprint density at radius 2 is 2.11 bits per heavy atom. The number of nitrogens with one attached hydrogen (secondary N) is 2. The number of piperazine rings is 1. The van der Waals surface area contributed by atoms with Gasteiger partial charge in [0, 0.05) is 55.9 Å². The number of anilines is 3. The molecule has 2 N–H and O–H groups in total. The summed E-state index contributed by atoms with van der Waals surface area (Å²) in [5.41, 5.74) is 2.38. The highest BCUT2D eigenvalue weighted by Gasteiger charge is 2.28. The van der Waals surface area contributed by atoms with Gasteiger partial charge in [0.25, 0.3) is 0 Å². The summed E-state index contributed by atoms with van der Waals surface area (Å²) in [4.78, 5) is 51.3. The molecule has 1 fully saturated rings. The molecule has 2 aromatic heterocycles. The average molecular weight is 539 g/mol. The third-order valence-electron chi connectivity index (χ3n) is 6.21. The molecule has 3 amide bonds. The molecule has 0 bridgehead atoms. The Balaban J connectivity index is 0.00000400. The summed E-state index contributed by atoms with van der Waals surface area (Å²) in [6, 6.07) is 4.92. The molecule has 0 unspecified atom stereocenters. The van der Waals surface area contributed by atoms with E-state index in [1.807, 2.05) is 24.1 Å². The molecule has 4 heterocycles. The van der Waals surface area contributed by atoms with Crippen molar-refractivity contribution in [3.8, 4) is 6.07 Å². The number of aromatic nitrogens is 2. The average Bonchev–Trinajstić information content (AvgIpc) is 2.89. The van der Waals surface area contributed by atoms with Crippen LogP contribution in [0.15, 0.2) is 18.3 Å². The lowest BCUT2D eigenvalue weighted by Crippen LogP contribution is -2.48. The predicted molar refractivity (Wildman–Crippen MR) is 146 cm³/mol. The molecule has 0 aromatic carbocycles. The zero-order chi connectivity index (χ0) is 26.4. The van der Waals surface area contributed by atoms with Gasteiger partial charge in [0.05, 0.1) is 29.1 Å². The number of aryl methyl sites for hydroxylation is 1. The van der Waals surface area contributed by atoms with E-state index in [1.54, 1.807) is 4.90 Å². The number of urea groups is 1. The molecule has 1 saturated heterocycles. The van der Waals surface area contributed by atoms with Crippen LogP contribution in [0.4, 0.5) is 22.1 Å². The van der Waals surface area contributed by atoms with Crippen LogP contribution in [0.5, 0.6) is 0 Å². The fourth-order valence-electron chi connectivity index (χ4n) is 4.30. The zero-order valence-corrected chi connectivity index (χ0v) is 21.1. The Kier molecular flexibility index (Phi) is 9.64. The van der Waals surface area contributed by atoms with E-state index in [1.165, 1.54) is 22.5 Å². The number of amides is 3. The van der Waals surface area contributed by atoms with Crippen molar-refractivity contribution < 1.29 is 18.6 Å². The smallest absolute Gasteiger partial charge is 0.328 e. The predicted octanol–water partition coefficient (Wildman–Crippen LogP) is 1.48. The minimum absolute atomic E-state index is 0. The number of hydrogen-bond acceptors (Lipinski definition) is 9. The van der Waals surface area contributed by atoms with E-state index in [9.17, 15) is 23.9 Å². The number of rotatable bonds is 7. The Bertz CT molecular complexity index is 1320. The Labute approximate surface area is 224 Å². The number of hydrogen-bond donors (Lipinski definition) is 2. The van der Waals surface area contributed by atoms with Crippen molar-refractivity contribution in [2.75, 3.05) is 55.3 Å². The van der Waals surface area contributed by atoms with E-state index < -0.39 is 6.03 Å². The van der Waals surface area contributed by atoms with Crippen LogP contribution in [0.1, 0.15) is 41.0 Å². The van der Waals surface area contributed by atoms with Crippen LogP contribution in [-0.4, -0.2) is 87.3 Å². The lowest BCUT2D eigenvalue weighted by molar-refractivity contribution is -0.136. The van der Waals surface area contributed by atoms with E-state index in [0.717, 1.165) is 12.1 Å². The number of aldehydes is 1. The third-order valence-corrected chi connectivity index (χ3v) is 6.51. The van der Waals surface area contributed by atoms with Crippen molar-refractivity contribution in [1.82, 2.24) is 19.8 Å². The largest absolute Gasteiger partial charge is 0.379 e. The third kappa shape index (κ3) is 6.39. The fourth-order valence-corrected chi connectivity index (χ4v) is 4.46. The first kappa shape index (κ1) is 28.4. The van der Waals surface area contributed by atoms with Gasteiger partial charge < -0.3 is 10.2 Å². The van der Waals surface area contributed by atoms with Gasteiger partial charge in [0.1, 0.15) is 23.4 Å². The highest BCUT2D eigenvalue weighted by molar-refractivity contribution is 7.64. The second-order valence-electron chi connectivity index (χ2n) is 8.74. The molecule has 0 spiro atoms. The van der Waals surface area contributed by atoms with Crippen LogP contribution in [0.3, 0.4) is 0 Å². The second-order valence-corrected chi connectivity index (χ2v) is 9.27. The van der Waals surface area contributed by atoms with Gasteiger partial charge in [-0.1, -0.05) is 7.43 Å². The molecule has 12 nitrogen and oxygen atoms in total. The molecular weight excluding hydrogens is 508 g/mol. The zero-order valence-electron chi connectivity index (χ0n) is 20.3. The lowest BCUT2D eigenvalue weighted by atomic mass is 10.0. The number of nitrogens with zero attached hydrogens (tertiary/aromatic N) is 6. The standard InChI is InChI=1S/C24H26N8O4S.CH4/c1-30-6-7-31(22(34)14-30)13-17-9-16-3-2-5-32(23(16)28-20(17)15-33)24(35)29-21-10-19(26-4-8-37-36)18(11-25)12-27-21;/h8-10,12,15H,2-7,13-14H2,1H3,(H2,26,27,29,35);1H4. The maximum Gasteiger partial charge on any atom is 0.328 e. The maximum absolute atomic E-state index is 13.2. The SMILES string of the molecule is C.CN1CCN(Cc2cc3c(nc2C=O)N(C(=O)Nc2cc(NCC=S=O)c(C#N)cn2)CCC3)C(=O)C1. The van der Waals surface area contributed by atoms with E-state index in [0.29, 0.717) is 73.6 Å². The minimum Gasteiger partial charge on any atom is -0.379 e. The molecule has 200 valence electrons. The number of carbonyl (C=O) groups is 3. The summed E-state index contributed by atoms with van der Waals surface area (Å²) in [7, 11) is 1.89. The number of fused-ring (bicyclic) bond motifs is 1. The first-order chi connectivity index (χ1) is 17.9. The molecule has 2 aliphatic rings. The Hall–Kier alpha value is -4.15. The van der Waals surface area contributed by atoms with Gasteiger partial charge in [0.15, 0.2) is 6.29 Å². The molecule has 13 heteroatoms. The molecule has 0 radical (unpaired) electrons. The minimum atomic E-state index is -0.475. The van der Waals surface area contributed by atoms with Crippen molar-refractivity contribution in [3.05, 3.63) is 40.7 Å². The normalized spacial score (nSPS) is 15.0. The topological polar surface area (TPSA) is 152 Å². The van der Waals surface area contributed by atoms with Gasteiger partial charge in [-0.15, -0.1) is 0 Å². The molecule has 4 rings (SSSR count). The summed E-state index contributed by atoms with van der Waals surface area (Å²) in [5, 5.41) is 16.4. The molecule has 0 aliphatic carbocycles. The van der Waals surface area contributed by atoms with Crippen molar-refractivity contribution in [2.24, 2.45) is 0 Å². The summed E-state index contributed by atoms with van der Waals surface area (Å²) >= 11 is 0.310.